The van der Waals surface area contributed by atoms with Crippen LogP contribution in [0, 0.1) is 0 Å². The van der Waals surface area contributed by atoms with E-state index in [1.165, 1.54) is 4.31 Å². The number of aromatic nitrogens is 1. The average molecular weight is 365 g/mol. The highest BCUT2D eigenvalue weighted by atomic mass is 79.9. The zero-order chi connectivity index (χ0) is 14.9. The number of piperazine rings is 1. The number of hydrogen-bond acceptors (Lipinski definition) is 3. The molecular formula is C11H17BrN4O3S. The number of halogens is 1. The third-order valence-corrected chi connectivity index (χ3v) is 4.83. The Hall–Kier alpha value is -0.900. The van der Waals surface area contributed by atoms with Crippen LogP contribution in [0.3, 0.4) is 0 Å². The monoisotopic (exact) mass is 364 g/mol. The van der Waals surface area contributed by atoms with E-state index < -0.39 is 10.2 Å². The molecule has 0 radical (unpaired) electrons. The Bertz CT molecular complexity index is 605. The first-order chi connectivity index (χ1) is 9.32. The van der Waals surface area contributed by atoms with Crippen LogP contribution >= 0.6 is 15.9 Å². The molecule has 20 heavy (non-hydrogen) atoms. The van der Waals surface area contributed by atoms with Gasteiger partial charge in [0.1, 0.15) is 5.69 Å². The molecule has 1 aliphatic heterocycles. The second-order valence-corrected chi connectivity index (χ2v) is 7.03. The highest BCUT2D eigenvalue weighted by Gasteiger charge is 2.28. The Labute approximate surface area is 126 Å². The van der Waals surface area contributed by atoms with Crippen molar-refractivity contribution in [3.63, 3.8) is 0 Å². The van der Waals surface area contributed by atoms with E-state index in [-0.39, 0.29) is 19.0 Å². The van der Waals surface area contributed by atoms with Crippen LogP contribution in [-0.2, 0) is 16.8 Å². The Morgan fingerprint density at radius 1 is 1.35 bits per heavy atom. The van der Waals surface area contributed by atoms with Crippen molar-refractivity contribution in [3.05, 3.63) is 22.4 Å². The Morgan fingerprint density at radius 2 is 1.95 bits per heavy atom. The predicted octanol–water partition coefficient (Wildman–Crippen LogP) is 0.232. The average Bonchev–Trinajstić information content (AvgIpc) is 2.78. The molecule has 2 N–H and O–H groups in total. The van der Waals surface area contributed by atoms with Crippen molar-refractivity contribution in [2.75, 3.05) is 26.2 Å². The van der Waals surface area contributed by atoms with Gasteiger partial charge in [-0.25, -0.2) is 5.14 Å². The van der Waals surface area contributed by atoms with Gasteiger partial charge in [0.2, 0.25) is 0 Å². The molecule has 1 fully saturated rings. The molecule has 0 aromatic carbocycles. The quantitative estimate of drug-likeness (QED) is 0.832. The number of nitrogens with two attached hydrogens (primary N) is 1. The number of carbonyl (C=O) groups excluding carboxylic acids is 1. The fourth-order valence-corrected chi connectivity index (χ4v) is 3.36. The first kappa shape index (κ1) is 15.5. The third-order valence-electron chi connectivity index (χ3n) is 3.31. The minimum atomic E-state index is -3.67. The molecule has 0 atom stereocenters. The fraction of sp³-hybridized carbons (Fsp3) is 0.545. The van der Waals surface area contributed by atoms with Crippen LogP contribution in [0.2, 0.25) is 0 Å². The van der Waals surface area contributed by atoms with Crippen molar-refractivity contribution >= 4 is 32.0 Å². The van der Waals surface area contributed by atoms with Gasteiger partial charge in [-0.05, 0) is 28.9 Å². The summed E-state index contributed by atoms with van der Waals surface area (Å²) in [6, 6.07) is 1.78. The molecule has 7 nitrogen and oxygen atoms in total. The number of carbonyl (C=O) groups is 1. The molecule has 1 amide bonds. The van der Waals surface area contributed by atoms with E-state index >= 15 is 0 Å². The van der Waals surface area contributed by atoms with Crippen molar-refractivity contribution in [1.82, 2.24) is 13.8 Å². The molecule has 1 aliphatic rings. The van der Waals surface area contributed by atoms with E-state index in [0.717, 1.165) is 4.47 Å². The maximum absolute atomic E-state index is 12.4. The molecule has 0 bridgehead atoms. The first-order valence-corrected chi connectivity index (χ1v) is 8.55. The zero-order valence-corrected chi connectivity index (χ0v) is 13.5. The van der Waals surface area contributed by atoms with Gasteiger partial charge in [-0.1, -0.05) is 0 Å². The molecule has 2 rings (SSSR count). The first-order valence-electron chi connectivity index (χ1n) is 6.25. The molecule has 2 heterocycles. The van der Waals surface area contributed by atoms with Gasteiger partial charge in [0, 0.05) is 43.4 Å². The SMILES string of the molecule is CCn1cc(Br)cc1C(=O)N1CCN(S(N)(=O)=O)CC1. The van der Waals surface area contributed by atoms with Crippen LogP contribution in [0.5, 0.6) is 0 Å². The van der Waals surface area contributed by atoms with Crippen LogP contribution in [0.4, 0.5) is 0 Å². The van der Waals surface area contributed by atoms with Crippen molar-refractivity contribution in [2.24, 2.45) is 5.14 Å². The summed E-state index contributed by atoms with van der Waals surface area (Å²) in [5.74, 6) is -0.0911. The summed E-state index contributed by atoms with van der Waals surface area (Å²) in [5, 5.41) is 5.08. The van der Waals surface area contributed by atoms with E-state index in [4.69, 9.17) is 5.14 Å². The van der Waals surface area contributed by atoms with Crippen molar-refractivity contribution < 1.29 is 13.2 Å². The minimum Gasteiger partial charge on any atom is -0.343 e. The Balaban J connectivity index is 2.09. The third kappa shape index (κ3) is 3.22. The Kier molecular flexibility index (Phi) is 4.52. The van der Waals surface area contributed by atoms with Crippen LogP contribution < -0.4 is 5.14 Å². The van der Waals surface area contributed by atoms with Gasteiger partial charge in [0.05, 0.1) is 0 Å². The highest BCUT2D eigenvalue weighted by Crippen LogP contribution is 2.17. The van der Waals surface area contributed by atoms with E-state index in [0.29, 0.717) is 25.3 Å². The summed E-state index contributed by atoms with van der Waals surface area (Å²) in [6.07, 6.45) is 1.85. The van der Waals surface area contributed by atoms with Gasteiger partial charge in [-0.2, -0.15) is 12.7 Å². The predicted molar refractivity (Wildman–Crippen MR) is 78.4 cm³/mol. The number of aryl methyl sites for hydroxylation is 1. The summed E-state index contributed by atoms with van der Waals surface area (Å²) >= 11 is 3.36. The van der Waals surface area contributed by atoms with E-state index in [2.05, 4.69) is 15.9 Å². The highest BCUT2D eigenvalue weighted by molar-refractivity contribution is 9.10. The molecule has 0 spiro atoms. The lowest BCUT2D eigenvalue weighted by molar-refractivity contribution is 0.0687. The maximum atomic E-state index is 12.4. The van der Waals surface area contributed by atoms with Crippen LogP contribution in [0.1, 0.15) is 17.4 Å². The van der Waals surface area contributed by atoms with Gasteiger partial charge in [0.15, 0.2) is 0 Å². The molecule has 0 unspecified atom stereocenters. The van der Waals surface area contributed by atoms with E-state index in [9.17, 15) is 13.2 Å². The molecule has 1 aromatic rings. The smallest absolute Gasteiger partial charge is 0.277 e. The van der Waals surface area contributed by atoms with Gasteiger partial charge < -0.3 is 9.47 Å². The summed E-state index contributed by atoms with van der Waals surface area (Å²) in [4.78, 5) is 14.1. The second kappa shape index (κ2) is 5.84. The summed E-state index contributed by atoms with van der Waals surface area (Å²) < 4.78 is 26.4. The summed E-state index contributed by atoms with van der Waals surface area (Å²) in [6.45, 7) is 3.83. The maximum Gasteiger partial charge on any atom is 0.277 e. The Morgan fingerprint density at radius 3 is 2.45 bits per heavy atom. The number of rotatable bonds is 3. The zero-order valence-electron chi connectivity index (χ0n) is 11.1. The largest absolute Gasteiger partial charge is 0.343 e. The number of hydrogen-bond donors (Lipinski definition) is 1. The standard InChI is InChI=1S/C11H17BrN4O3S/c1-2-14-8-9(12)7-10(14)11(17)15-3-5-16(6-4-15)20(13,18)19/h7-8H,2-6H2,1H3,(H2,13,18,19). The lowest BCUT2D eigenvalue weighted by Gasteiger charge is -2.33. The summed E-state index contributed by atoms with van der Waals surface area (Å²) in [5.41, 5.74) is 0.600. The van der Waals surface area contributed by atoms with Crippen molar-refractivity contribution in [3.8, 4) is 0 Å². The van der Waals surface area contributed by atoms with Gasteiger partial charge >= 0.3 is 0 Å². The topological polar surface area (TPSA) is 88.6 Å². The fourth-order valence-electron chi connectivity index (χ4n) is 2.22. The molecule has 0 saturated carbocycles. The van der Waals surface area contributed by atoms with Crippen LogP contribution in [-0.4, -0.2) is 54.3 Å². The van der Waals surface area contributed by atoms with Gasteiger partial charge in [0.25, 0.3) is 16.1 Å². The molecule has 1 saturated heterocycles. The second-order valence-electron chi connectivity index (χ2n) is 4.57. The lowest BCUT2D eigenvalue weighted by Crippen LogP contribution is -2.52. The number of amides is 1. The van der Waals surface area contributed by atoms with Crippen LogP contribution in [0.15, 0.2) is 16.7 Å². The number of nitrogens with zero attached hydrogens (tertiary/aromatic N) is 3. The van der Waals surface area contributed by atoms with Crippen LogP contribution in [0.25, 0.3) is 0 Å². The van der Waals surface area contributed by atoms with Gasteiger partial charge in [-0.15, -0.1) is 0 Å². The van der Waals surface area contributed by atoms with E-state index in [1.54, 1.807) is 11.0 Å². The minimum absolute atomic E-state index is 0.0911. The molecular weight excluding hydrogens is 348 g/mol. The molecule has 9 heteroatoms. The van der Waals surface area contributed by atoms with Crippen molar-refractivity contribution in [2.45, 2.75) is 13.5 Å². The summed E-state index contributed by atoms with van der Waals surface area (Å²) in [7, 11) is -3.67. The molecule has 1 aromatic heterocycles. The van der Waals surface area contributed by atoms with E-state index in [1.807, 2.05) is 17.7 Å². The molecule has 0 aliphatic carbocycles. The lowest BCUT2D eigenvalue weighted by atomic mass is 10.3. The molecule has 112 valence electrons. The van der Waals surface area contributed by atoms with Gasteiger partial charge in [-0.3, -0.25) is 4.79 Å². The van der Waals surface area contributed by atoms with Crippen molar-refractivity contribution in [1.29, 1.82) is 0 Å². The normalized spacial score (nSPS) is 17.4.